The van der Waals surface area contributed by atoms with E-state index in [0.29, 0.717) is 17.1 Å². The minimum Gasteiger partial charge on any atom is -0.478 e. The van der Waals surface area contributed by atoms with Crippen LogP contribution in [0.25, 0.3) is 0 Å². The van der Waals surface area contributed by atoms with Crippen LogP contribution in [0.1, 0.15) is 62.6 Å². The van der Waals surface area contributed by atoms with Gasteiger partial charge in [-0.3, -0.25) is 4.79 Å². The molecular formula is C42H42N2O8S2. The Kier molecular flexibility index (Phi) is 13.0. The number of benzene rings is 5. The van der Waals surface area contributed by atoms with Crippen molar-refractivity contribution in [1.82, 2.24) is 10.0 Å². The van der Waals surface area contributed by atoms with Crippen molar-refractivity contribution < 1.29 is 37.7 Å². The van der Waals surface area contributed by atoms with Crippen molar-refractivity contribution in [3.05, 3.63) is 166 Å². The predicted octanol–water partition coefficient (Wildman–Crippen LogP) is 6.73. The van der Waals surface area contributed by atoms with Crippen LogP contribution in [0.5, 0.6) is 0 Å². The predicted molar refractivity (Wildman–Crippen MR) is 206 cm³/mol. The Hall–Kier alpha value is -4.82. The van der Waals surface area contributed by atoms with Crippen LogP contribution in [-0.2, 0) is 43.9 Å². The summed E-state index contributed by atoms with van der Waals surface area (Å²) in [6, 6.07) is 36.6. The Labute approximate surface area is 319 Å². The minimum atomic E-state index is -3.98. The molecule has 0 unspecified atom stereocenters. The maximum Gasteiger partial charge on any atom is 0.336 e. The summed E-state index contributed by atoms with van der Waals surface area (Å²) in [7, 11) is -3.98. The van der Waals surface area contributed by atoms with Gasteiger partial charge >= 0.3 is 5.97 Å². The first-order chi connectivity index (χ1) is 26.1. The molecule has 1 fully saturated rings. The smallest absolute Gasteiger partial charge is 0.336 e. The van der Waals surface area contributed by atoms with Gasteiger partial charge in [-0.25, -0.2) is 13.2 Å². The third-order valence-corrected chi connectivity index (χ3v) is 11.8. The Bertz CT molecular complexity index is 2130. The summed E-state index contributed by atoms with van der Waals surface area (Å²) < 4.78 is 42.1. The van der Waals surface area contributed by atoms with E-state index in [1.807, 2.05) is 91.9 Å². The SMILES string of the molecule is Cc1ccc(S(=O)(=O)N[C@H](Cc2ccccc2)C(=O)NCc2ccc([C@H]3O[C@@H](CSc4ccccc4C(=O)O)C[C@@H](c4ccc(CO)cc4)O3)cc2)cc1. The summed E-state index contributed by atoms with van der Waals surface area (Å²) in [5.41, 5.74) is 5.24. The molecule has 0 bridgehead atoms. The fourth-order valence-electron chi connectivity index (χ4n) is 6.09. The second kappa shape index (κ2) is 18.0. The summed E-state index contributed by atoms with van der Waals surface area (Å²) >= 11 is 1.42. The molecule has 1 aliphatic heterocycles. The van der Waals surface area contributed by atoms with Crippen LogP contribution in [0.15, 0.2) is 137 Å². The van der Waals surface area contributed by atoms with Gasteiger partial charge in [-0.05, 0) is 59.9 Å². The van der Waals surface area contributed by atoms with Gasteiger partial charge in [0.2, 0.25) is 15.9 Å². The molecular weight excluding hydrogens is 725 g/mol. The summed E-state index contributed by atoms with van der Waals surface area (Å²) in [5, 5.41) is 22.1. The van der Waals surface area contributed by atoms with Gasteiger partial charge in [-0.15, -0.1) is 11.8 Å². The quantitative estimate of drug-likeness (QED) is 0.0851. The topological polar surface area (TPSA) is 151 Å². The van der Waals surface area contributed by atoms with Crippen molar-refractivity contribution in [2.45, 2.75) is 67.2 Å². The molecule has 12 heteroatoms. The van der Waals surface area contributed by atoms with Crippen LogP contribution in [0.3, 0.4) is 0 Å². The molecule has 5 aromatic carbocycles. The number of aryl methyl sites for hydroxylation is 1. The number of carboxylic acid groups (broad SMARTS) is 1. The molecule has 1 heterocycles. The molecule has 0 saturated carbocycles. The average Bonchev–Trinajstić information content (AvgIpc) is 3.19. The van der Waals surface area contributed by atoms with Gasteiger partial charge < -0.3 is 25.0 Å². The monoisotopic (exact) mass is 766 g/mol. The lowest BCUT2D eigenvalue weighted by molar-refractivity contribution is -0.245. The number of aliphatic hydroxyl groups is 1. The van der Waals surface area contributed by atoms with E-state index < -0.39 is 34.2 Å². The lowest BCUT2D eigenvalue weighted by Gasteiger charge is -2.36. The first-order valence-corrected chi connectivity index (χ1v) is 20.0. The third-order valence-electron chi connectivity index (χ3n) is 9.10. The highest BCUT2D eigenvalue weighted by atomic mass is 32.2. The normalized spacial score (nSPS) is 17.8. The van der Waals surface area contributed by atoms with Crippen LogP contribution in [0, 0.1) is 6.92 Å². The third kappa shape index (κ3) is 10.2. The highest BCUT2D eigenvalue weighted by Gasteiger charge is 2.33. The Morgan fingerprint density at radius 2 is 1.44 bits per heavy atom. The molecule has 54 heavy (non-hydrogen) atoms. The zero-order valence-electron chi connectivity index (χ0n) is 29.6. The van der Waals surface area contributed by atoms with Gasteiger partial charge in [0.1, 0.15) is 6.04 Å². The van der Waals surface area contributed by atoms with E-state index in [1.165, 1.54) is 23.9 Å². The van der Waals surface area contributed by atoms with Crippen LogP contribution in [-0.4, -0.2) is 48.4 Å². The molecule has 0 spiro atoms. The molecule has 280 valence electrons. The van der Waals surface area contributed by atoms with Crippen molar-refractivity contribution >= 4 is 33.7 Å². The molecule has 0 radical (unpaired) electrons. The standard InChI is InChI=1S/C42H42N2O8S2/c1-28-11-21-35(22-12-28)54(49,50)44-37(23-29-7-3-2-4-8-29)40(46)43-25-30-13-19-33(20-14-30)42-51-34(27-53-39-10-6-5-9-36(39)41(47)48)24-38(52-42)32-17-15-31(26-45)16-18-32/h2-22,34,37-38,42,44-45H,23-27H2,1H3,(H,43,46)(H,47,48)/t34-,37-,38+,42+/m1/s1. The van der Waals surface area contributed by atoms with Crippen LogP contribution in [0.2, 0.25) is 0 Å². The van der Waals surface area contributed by atoms with Crippen molar-refractivity contribution in [2.75, 3.05) is 5.75 Å². The van der Waals surface area contributed by atoms with E-state index in [0.717, 1.165) is 33.4 Å². The Morgan fingerprint density at radius 1 is 0.796 bits per heavy atom. The molecule has 1 saturated heterocycles. The van der Waals surface area contributed by atoms with E-state index in [1.54, 1.807) is 30.3 Å². The zero-order chi connectivity index (χ0) is 38.1. The van der Waals surface area contributed by atoms with Gasteiger partial charge in [0.05, 0.1) is 29.3 Å². The van der Waals surface area contributed by atoms with Gasteiger partial charge in [0.25, 0.3) is 0 Å². The molecule has 0 aliphatic carbocycles. The van der Waals surface area contributed by atoms with Crippen molar-refractivity contribution in [2.24, 2.45) is 0 Å². The van der Waals surface area contributed by atoms with Crippen LogP contribution < -0.4 is 10.0 Å². The van der Waals surface area contributed by atoms with Gasteiger partial charge in [-0.2, -0.15) is 4.72 Å². The van der Waals surface area contributed by atoms with Crippen LogP contribution >= 0.6 is 11.8 Å². The molecule has 1 aliphatic rings. The molecule has 10 nitrogen and oxygen atoms in total. The van der Waals surface area contributed by atoms with E-state index in [4.69, 9.17) is 9.47 Å². The number of hydrogen-bond acceptors (Lipinski definition) is 8. The number of ether oxygens (including phenoxy) is 2. The number of thioether (sulfide) groups is 1. The number of nitrogens with one attached hydrogen (secondary N) is 2. The van der Waals surface area contributed by atoms with Crippen molar-refractivity contribution in [3.8, 4) is 0 Å². The molecule has 4 N–H and O–H groups in total. The minimum absolute atomic E-state index is 0.0662. The molecule has 1 amide bonds. The van der Waals surface area contributed by atoms with Gasteiger partial charge in [-0.1, -0.05) is 109 Å². The van der Waals surface area contributed by atoms with Crippen molar-refractivity contribution in [3.63, 3.8) is 0 Å². The van der Waals surface area contributed by atoms with E-state index in [2.05, 4.69) is 10.0 Å². The van der Waals surface area contributed by atoms with E-state index in [-0.39, 0.29) is 42.2 Å². The number of amides is 1. The highest BCUT2D eigenvalue weighted by molar-refractivity contribution is 7.99. The number of carboxylic acids is 1. The zero-order valence-corrected chi connectivity index (χ0v) is 31.3. The van der Waals surface area contributed by atoms with Crippen LogP contribution in [0.4, 0.5) is 0 Å². The maximum absolute atomic E-state index is 13.5. The second-order valence-electron chi connectivity index (χ2n) is 13.1. The number of rotatable bonds is 15. The largest absolute Gasteiger partial charge is 0.478 e. The van der Waals surface area contributed by atoms with Crippen molar-refractivity contribution in [1.29, 1.82) is 0 Å². The Morgan fingerprint density at radius 3 is 2.13 bits per heavy atom. The lowest BCUT2D eigenvalue weighted by atomic mass is 10.0. The number of hydrogen-bond donors (Lipinski definition) is 4. The fraction of sp³-hybridized carbons (Fsp3) is 0.238. The highest BCUT2D eigenvalue weighted by Crippen LogP contribution is 2.40. The molecule has 6 rings (SSSR count). The maximum atomic E-state index is 13.5. The first kappa shape index (κ1) is 38.9. The summed E-state index contributed by atoms with van der Waals surface area (Å²) in [4.78, 5) is 26.1. The molecule has 4 atom stereocenters. The number of aliphatic hydroxyl groups excluding tert-OH is 1. The lowest BCUT2D eigenvalue weighted by Crippen LogP contribution is -2.47. The number of carbonyl (C=O) groups is 2. The van der Waals surface area contributed by atoms with Gasteiger partial charge in [0, 0.05) is 29.2 Å². The van der Waals surface area contributed by atoms with E-state index >= 15 is 0 Å². The summed E-state index contributed by atoms with van der Waals surface area (Å²) in [6.07, 6.45) is -0.614. The fourth-order valence-corrected chi connectivity index (χ4v) is 8.35. The Balaban J connectivity index is 1.15. The first-order valence-electron chi connectivity index (χ1n) is 17.5. The number of sulfonamides is 1. The van der Waals surface area contributed by atoms with Gasteiger partial charge in [0.15, 0.2) is 6.29 Å². The van der Waals surface area contributed by atoms with E-state index in [9.17, 15) is 28.2 Å². The number of aromatic carboxylic acids is 1. The summed E-state index contributed by atoms with van der Waals surface area (Å²) in [6.45, 7) is 1.96. The summed E-state index contributed by atoms with van der Waals surface area (Å²) in [5.74, 6) is -0.952. The number of carbonyl (C=O) groups excluding carboxylic acids is 1. The molecule has 5 aromatic rings. The molecule has 0 aromatic heterocycles. The second-order valence-corrected chi connectivity index (χ2v) is 15.9. The average molecular weight is 767 g/mol.